The monoisotopic (exact) mass is 493 g/mol. The summed E-state index contributed by atoms with van der Waals surface area (Å²) >= 11 is 6.05. The Hall–Kier alpha value is -2.77. The van der Waals surface area contributed by atoms with Crippen LogP contribution in [0.3, 0.4) is 0 Å². The summed E-state index contributed by atoms with van der Waals surface area (Å²) in [5.74, 6) is 0.258. The van der Waals surface area contributed by atoms with E-state index in [0.717, 1.165) is 68.5 Å². The van der Waals surface area contributed by atoms with Crippen molar-refractivity contribution >= 4 is 28.3 Å². The van der Waals surface area contributed by atoms with Crippen LogP contribution in [-0.4, -0.2) is 62.7 Å². The maximum absolute atomic E-state index is 13.3. The van der Waals surface area contributed by atoms with E-state index in [4.69, 9.17) is 16.7 Å². The highest BCUT2D eigenvalue weighted by Gasteiger charge is 2.27. The molecule has 1 aromatic carbocycles. The van der Waals surface area contributed by atoms with Crippen molar-refractivity contribution in [3.8, 4) is 0 Å². The molecule has 8 heteroatoms. The van der Waals surface area contributed by atoms with Gasteiger partial charge in [0.2, 0.25) is 5.91 Å². The van der Waals surface area contributed by atoms with Gasteiger partial charge in [0.15, 0.2) is 0 Å². The number of hydrogen-bond donors (Lipinski definition) is 0. The minimum Gasteiger partial charge on any atom is -0.343 e. The molecule has 0 aliphatic carbocycles. The zero-order chi connectivity index (χ0) is 24.2. The van der Waals surface area contributed by atoms with Crippen molar-refractivity contribution in [3.63, 3.8) is 0 Å². The smallest absolute Gasteiger partial charge is 0.274 e. The van der Waals surface area contributed by atoms with Crippen LogP contribution in [0, 0.1) is 0 Å². The van der Waals surface area contributed by atoms with Gasteiger partial charge in [0.25, 0.3) is 5.56 Å². The van der Waals surface area contributed by atoms with Gasteiger partial charge in [0.05, 0.1) is 17.6 Å². The molecule has 2 saturated heterocycles. The highest BCUT2D eigenvalue weighted by molar-refractivity contribution is 6.30. The van der Waals surface area contributed by atoms with Crippen molar-refractivity contribution in [1.29, 1.82) is 0 Å². The predicted octanol–water partition coefficient (Wildman–Crippen LogP) is 3.90. The minimum atomic E-state index is -0.0847. The van der Waals surface area contributed by atoms with E-state index in [1.54, 1.807) is 23.1 Å². The number of aromatic nitrogens is 3. The summed E-state index contributed by atoms with van der Waals surface area (Å²) in [5, 5.41) is 6.94. The largest absolute Gasteiger partial charge is 0.343 e. The summed E-state index contributed by atoms with van der Waals surface area (Å²) in [6.45, 7) is 4.02. The number of likely N-dealkylation sites (tertiary alicyclic amines) is 2. The Morgan fingerprint density at radius 2 is 1.80 bits per heavy atom. The lowest BCUT2D eigenvalue weighted by atomic mass is 10.1. The van der Waals surface area contributed by atoms with E-state index < -0.39 is 0 Å². The number of pyridine rings is 1. The molecule has 35 heavy (non-hydrogen) atoms. The highest BCUT2D eigenvalue weighted by Crippen LogP contribution is 2.21. The number of carbonyl (C=O) groups is 1. The number of benzene rings is 1. The Balaban J connectivity index is 1.34. The van der Waals surface area contributed by atoms with Crippen molar-refractivity contribution in [1.82, 2.24) is 24.6 Å². The van der Waals surface area contributed by atoms with Gasteiger partial charge in [0, 0.05) is 61.3 Å². The first-order valence-corrected chi connectivity index (χ1v) is 13.1. The van der Waals surface area contributed by atoms with Gasteiger partial charge >= 0.3 is 0 Å². The van der Waals surface area contributed by atoms with E-state index in [1.807, 2.05) is 29.2 Å². The van der Waals surface area contributed by atoms with E-state index in [0.29, 0.717) is 29.8 Å². The van der Waals surface area contributed by atoms with Crippen molar-refractivity contribution in [2.24, 2.45) is 0 Å². The minimum absolute atomic E-state index is 0.0847. The van der Waals surface area contributed by atoms with Crippen molar-refractivity contribution in [3.05, 3.63) is 69.4 Å². The molecule has 2 aromatic heterocycles. The van der Waals surface area contributed by atoms with Gasteiger partial charge in [-0.1, -0.05) is 23.7 Å². The second kappa shape index (κ2) is 10.9. The molecule has 0 bridgehead atoms. The standard InChI is InChI=1S/C27H32ClN5O2/c28-21-8-6-20(7-9-21)17-25-24-18-29-12-10-23(24)27(35)33(30-25)19-22-5-4-15-31(22)16-11-26(34)32-13-2-1-3-14-32/h6-10,12,18,22H,1-5,11,13-17,19H2/t22-/m1/s1. The normalized spacial score (nSPS) is 18.9. The topological polar surface area (TPSA) is 71.3 Å². The molecular weight excluding hydrogens is 462 g/mol. The first-order chi connectivity index (χ1) is 17.1. The maximum Gasteiger partial charge on any atom is 0.274 e. The number of halogens is 1. The van der Waals surface area contributed by atoms with Gasteiger partial charge in [-0.25, -0.2) is 4.68 Å². The average molecular weight is 494 g/mol. The second-order valence-electron chi connectivity index (χ2n) is 9.68. The molecule has 7 nitrogen and oxygen atoms in total. The molecule has 0 spiro atoms. The van der Waals surface area contributed by atoms with Gasteiger partial charge < -0.3 is 4.90 Å². The number of nitrogens with zero attached hydrogens (tertiary/aromatic N) is 5. The molecule has 1 atom stereocenters. The van der Waals surface area contributed by atoms with Crippen LogP contribution < -0.4 is 5.56 Å². The van der Waals surface area contributed by atoms with Crippen molar-refractivity contribution < 1.29 is 4.79 Å². The lowest BCUT2D eigenvalue weighted by Crippen LogP contribution is -2.41. The number of hydrogen-bond acceptors (Lipinski definition) is 5. The second-order valence-corrected chi connectivity index (χ2v) is 10.1. The molecule has 3 aromatic rings. The van der Waals surface area contributed by atoms with Gasteiger partial charge in [0.1, 0.15) is 0 Å². The third kappa shape index (κ3) is 5.57. The Morgan fingerprint density at radius 3 is 2.60 bits per heavy atom. The average Bonchev–Trinajstić information content (AvgIpc) is 3.34. The SMILES string of the molecule is O=C(CCN1CCC[C@@H]1Cn1nc(Cc2ccc(Cl)cc2)c2cnccc2c1=O)N1CCCCC1. The zero-order valence-electron chi connectivity index (χ0n) is 20.0. The quantitative estimate of drug-likeness (QED) is 0.499. The van der Waals surface area contributed by atoms with E-state index in [2.05, 4.69) is 9.88 Å². The fourth-order valence-electron chi connectivity index (χ4n) is 5.38. The number of piperidine rings is 1. The van der Waals surface area contributed by atoms with E-state index in [-0.39, 0.29) is 17.5 Å². The van der Waals surface area contributed by atoms with Crippen LogP contribution in [0.2, 0.25) is 5.02 Å². The van der Waals surface area contributed by atoms with Crippen molar-refractivity contribution in [2.75, 3.05) is 26.2 Å². The third-order valence-electron chi connectivity index (χ3n) is 7.33. The lowest BCUT2D eigenvalue weighted by molar-refractivity contribution is -0.132. The Kier molecular flexibility index (Phi) is 7.44. The lowest BCUT2D eigenvalue weighted by Gasteiger charge is -2.29. The van der Waals surface area contributed by atoms with Gasteiger partial charge in [-0.15, -0.1) is 0 Å². The first kappa shape index (κ1) is 23.9. The Labute approximate surface area is 210 Å². The van der Waals surface area contributed by atoms with Crippen LogP contribution in [0.1, 0.15) is 49.8 Å². The number of amides is 1. The van der Waals surface area contributed by atoms with Crippen LogP contribution in [-0.2, 0) is 17.8 Å². The molecule has 0 saturated carbocycles. The molecule has 184 valence electrons. The van der Waals surface area contributed by atoms with Crippen LogP contribution in [0.25, 0.3) is 10.8 Å². The molecular formula is C27H32ClN5O2. The molecule has 2 aliphatic rings. The number of carbonyl (C=O) groups excluding carboxylic acids is 1. The molecule has 0 N–H and O–H groups in total. The van der Waals surface area contributed by atoms with E-state index in [9.17, 15) is 9.59 Å². The summed E-state index contributed by atoms with van der Waals surface area (Å²) in [6.07, 6.45) is 10.1. The molecule has 2 aliphatic heterocycles. The molecule has 0 radical (unpaired) electrons. The van der Waals surface area contributed by atoms with Crippen LogP contribution >= 0.6 is 11.6 Å². The fraction of sp³-hybridized carbons (Fsp3) is 0.481. The highest BCUT2D eigenvalue weighted by atomic mass is 35.5. The van der Waals surface area contributed by atoms with E-state index >= 15 is 0 Å². The first-order valence-electron chi connectivity index (χ1n) is 12.7. The van der Waals surface area contributed by atoms with Crippen LogP contribution in [0.4, 0.5) is 0 Å². The zero-order valence-corrected chi connectivity index (χ0v) is 20.8. The summed E-state index contributed by atoms with van der Waals surface area (Å²) in [4.78, 5) is 34.6. The number of fused-ring (bicyclic) bond motifs is 1. The van der Waals surface area contributed by atoms with Crippen LogP contribution in [0.15, 0.2) is 47.5 Å². The maximum atomic E-state index is 13.3. The van der Waals surface area contributed by atoms with Crippen molar-refractivity contribution in [2.45, 2.75) is 57.5 Å². The van der Waals surface area contributed by atoms with Crippen LogP contribution in [0.5, 0.6) is 0 Å². The summed E-state index contributed by atoms with van der Waals surface area (Å²) in [5.41, 5.74) is 1.83. The fourth-order valence-corrected chi connectivity index (χ4v) is 5.51. The molecule has 4 heterocycles. The van der Waals surface area contributed by atoms with Gasteiger partial charge in [-0.05, 0) is 62.4 Å². The van der Waals surface area contributed by atoms with E-state index in [1.165, 1.54) is 6.42 Å². The molecule has 1 amide bonds. The summed E-state index contributed by atoms with van der Waals surface area (Å²) in [6, 6.07) is 9.70. The molecule has 2 fully saturated rings. The van der Waals surface area contributed by atoms with Gasteiger partial charge in [-0.2, -0.15) is 5.10 Å². The summed E-state index contributed by atoms with van der Waals surface area (Å²) < 4.78 is 1.63. The van der Waals surface area contributed by atoms with Gasteiger partial charge in [-0.3, -0.25) is 19.5 Å². The molecule has 5 rings (SSSR count). The Morgan fingerprint density at radius 1 is 1.00 bits per heavy atom. The number of rotatable bonds is 7. The summed E-state index contributed by atoms with van der Waals surface area (Å²) in [7, 11) is 0. The predicted molar refractivity (Wildman–Crippen MR) is 138 cm³/mol. The third-order valence-corrected chi connectivity index (χ3v) is 7.58. The Bertz CT molecular complexity index is 1240. The molecule has 0 unspecified atom stereocenters.